The van der Waals surface area contributed by atoms with Crippen LogP contribution in [0.2, 0.25) is 0 Å². The van der Waals surface area contributed by atoms with Gasteiger partial charge in [-0.05, 0) is 55.9 Å². The number of benzene rings is 1. The second-order valence-electron chi connectivity index (χ2n) is 8.39. The highest BCUT2D eigenvalue weighted by Gasteiger charge is 2.15. The predicted octanol–water partition coefficient (Wildman–Crippen LogP) is 2.31. The van der Waals surface area contributed by atoms with Gasteiger partial charge in [0.15, 0.2) is 5.96 Å². The van der Waals surface area contributed by atoms with Gasteiger partial charge in [0, 0.05) is 39.8 Å². The molecule has 2 aliphatic heterocycles. The van der Waals surface area contributed by atoms with Crippen molar-refractivity contribution in [2.75, 3.05) is 59.5 Å². The Morgan fingerprint density at radius 1 is 1.03 bits per heavy atom. The zero-order valence-electron chi connectivity index (χ0n) is 18.3. The van der Waals surface area contributed by atoms with E-state index in [-0.39, 0.29) is 0 Å². The number of rotatable bonds is 8. The number of guanidine groups is 1. The molecule has 0 radical (unpaired) electrons. The van der Waals surface area contributed by atoms with Gasteiger partial charge < -0.3 is 20.3 Å². The maximum Gasteiger partial charge on any atom is 0.191 e. The van der Waals surface area contributed by atoms with E-state index < -0.39 is 0 Å². The Kier molecular flexibility index (Phi) is 9.25. The van der Waals surface area contributed by atoms with Gasteiger partial charge in [-0.15, -0.1) is 0 Å². The molecule has 2 heterocycles. The molecule has 2 N–H and O–H groups in total. The summed E-state index contributed by atoms with van der Waals surface area (Å²) in [6.45, 7) is 12.5. The highest BCUT2D eigenvalue weighted by atomic mass is 16.5. The first-order chi connectivity index (χ1) is 14.2. The van der Waals surface area contributed by atoms with Crippen LogP contribution in [0.15, 0.2) is 29.3 Å². The average molecular weight is 402 g/mol. The molecule has 0 saturated carbocycles. The summed E-state index contributed by atoms with van der Waals surface area (Å²) in [5.74, 6) is 1.79. The lowest BCUT2D eigenvalue weighted by Gasteiger charge is -2.30. The van der Waals surface area contributed by atoms with Crippen LogP contribution < -0.4 is 10.6 Å². The van der Waals surface area contributed by atoms with Crippen LogP contribution in [0.1, 0.15) is 37.3 Å². The third kappa shape index (κ3) is 7.61. The van der Waals surface area contributed by atoms with Gasteiger partial charge in [0.2, 0.25) is 0 Å². The molecule has 0 unspecified atom stereocenters. The summed E-state index contributed by atoms with van der Waals surface area (Å²) in [5, 5.41) is 6.96. The van der Waals surface area contributed by atoms with E-state index in [0.29, 0.717) is 0 Å². The van der Waals surface area contributed by atoms with Gasteiger partial charge in [-0.25, -0.2) is 0 Å². The van der Waals surface area contributed by atoms with Gasteiger partial charge >= 0.3 is 0 Å². The monoisotopic (exact) mass is 401 g/mol. The van der Waals surface area contributed by atoms with Crippen molar-refractivity contribution in [2.24, 2.45) is 10.9 Å². The van der Waals surface area contributed by atoms with E-state index in [2.05, 4.69) is 56.6 Å². The molecule has 0 spiro atoms. The van der Waals surface area contributed by atoms with Crippen molar-refractivity contribution in [1.82, 2.24) is 20.4 Å². The zero-order chi connectivity index (χ0) is 20.3. The van der Waals surface area contributed by atoms with Gasteiger partial charge in [0.1, 0.15) is 0 Å². The second-order valence-corrected chi connectivity index (χ2v) is 8.39. The van der Waals surface area contributed by atoms with Crippen LogP contribution in [-0.2, 0) is 17.8 Å². The summed E-state index contributed by atoms with van der Waals surface area (Å²) in [5.41, 5.74) is 2.72. The summed E-state index contributed by atoms with van der Waals surface area (Å²) in [4.78, 5) is 9.46. The van der Waals surface area contributed by atoms with E-state index in [4.69, 9.17) is 4.74 Å². The van der Waals surface area contributed by atoms with Crippen LogP contribution in [0, 0.1) is 5.92 Å². The van der Waals surface area contributed by atoms with Crippen LogP contribution in [-0.4, -0.2) is 75.3 Å². The second kappa shape index (κ2) is 12.2. The van der Waals surface area contributed by atoms with Crippen LogP contribution in [0.25, 0.3) is 0 Å². The molecule has 0 atom stereocenters. The Hall–Kier alpha value is -1.63. The SMILES string of the molecule is CN=C(NCCCN1CCC(C)CC1)NCc1ccccc1CN1CCOCC1. The molecular formula is C23H39N5O. The third-order valence-corrected chi connectivity index (χ3v) is 6.11. The molecule has 1 aromatic rings. The molecule has 6 heteroatoms. The Morgan fingerprint density at radius 3 is 2.48 bits per heavy atom. The van der Waals surface area contributed by atoms with E-state index in [1.165, 1.54) is 43.6 Å². The largest absolute Gasteiger partial charge is 0.379 e. The van der Waals surface area contributed by atoms with Crippen LogP contribution in [0.3, 0.4) is 0 Å². The topological polar surface area (TPSA) is 52.1 Å². The summed E-state index contributed by atoms with van der Waals surface area (Å²) in [6.07, 6.45) is 3.85. The molecule has 0 amide bonds. The lowest BCUT2D eigenvalue weighted by molar-refractivity contribution is 0.0341. The molecule has 29 heavy (non-hydrogen) atoms. The maximum absolute atomic E-state index is 5.47. The Labute approximate surface area is 176 Å². The number of morpholine rings is 1. The fourth-order valence-corrected chi connectivity index (χ4v) is 4.08. The molecule has 2 aliphatic rings. The van der Waals surface area contributed by atoms with Gasteiger partial charge in [-0.3, -0.25) is 9.89 Å². The van der Waals surface area contributed by atoms with Crippen LogP contribution in [0.5, 0.6) is 0 Å². The van der Waals surface area contributed by atoms with Gasteiger partial charge in [0.25, 0.3) is 0 Å². The molecule has 2 fully saturated rings. The minimum absolute atomic E-state index is 0.796. The fourth-order valence-electron chi connectivity index (χ4n) is 4.08. The fraction of sp³-hybridized carbons (Fsp3) is 0.696. The zero-order valence-corrected chi connectivity index (χ0v) is 18.3. The first-order valence-electron chi connectivity index (χ1n) is 11.3. The molecule has 0 aromatic heterocycles. The Balaban J connectivity index is 1.39. The number of hydrogen-bond donors (Lipinski definition) is 2. The van der Waals surface area contributed by atoms with Crippen molar-refractivity contribution >= 4 is 5.96 Å². The van der Waals surface area contributed by atoms with Crippen LogP contribution >= 0.6 is 0 Å². The predicted molar refractivity (Wildman–Crippen MR) is 120 cm³/mol. The lowest BCUT2D eigenvalue weighted by atomic mass is 9.99. The van der Waals surface area contributed by atoms with Gasteiger partial charge in [-0.1, -0.05) is 31.2 Å². The Bertz CT molecular complexity index is 621. The molecule has 0 bridgehead atoms. The van der Waals surface area contributed by atoms with E-state index in [0.717, 1.165) is 64.2 Å². The standard InChI is InChI=1S/C23H39N5O/c1-20-8-12-27(13-9-20)11-5-10-25-23(24-2)26-18-21-6-3-4-7-22(21)19-28-14-16-29-17-15-28/h3-4,6-7,20H,5,8-19H2,1-2H3,(H2,24,25,26). The quantitative estimate of drug-likeness (QED) is 0.398. The third-order valence-electron chi connectivity index (χ3n) is 6.11. The van der Waals surface area contributed by atoms with Crippen molar-refractivity contribution in [1.29, 1.82) is 0 Å². The van der Waals surface area contributed by atoms with Crippen LogP contribution in [0.4, 0.5) is 0 Å². The van der Waals surface area contributed by atoms with Crippen molar-refractivity contribution in [3.63, 3.8) is 0 Å². The highest BCUT2D eigenvalue weighted by molar-refractivity contribution is 5.79. The number of nitrogens with zero attached hydrogens (tertiary/aromatic N) is 3. The minimum atomic E-state index is 0.796. The highest BCUT2D eigenvalue weighted by Crippen LogP contribution is 2.16. The summed E-state index contributed by atoms with van der Waals surface area (Å²) >= 11 is 0. The average Bonchev–Trinajstić information content (AvgIpc) is 2.76. The number of ether oxygens (including phenoxy) is 1. The van der Waals surface area contributed by atoms with E-state index in [1.807, 2.05) is 7.05 Å². The van der Waals surface area contributed by atoms with Crippen molar-refractivity contribution < 1.29 is 4.74 Å². The summed E-state index contributed by atoms with van der Waals surface area (Å²) in [7, 11) is 1.85. The van der Waals surface area contributed by atoms with Crippen molar-refractivity contribution in [2.45, 2.75) is 39.3 Å². The number of aliphatic imine (C=N–C) groups is 1. The molecule has 1 aromatic carbocycles. The lowest BCUT2D eigenvalue weighted by Crippen LogP contribution is -2.40. The number of hydrogen-bond acceptors (Lipinski definition) is 4. The molecule has 162 valence electrons. The van der Waals surface area contributed by atoms with Crippen molar-refractivity contribution in [3.8, 4) is 0 Å². The molecule has 2 saturated heterocycles. The first-order valence-corrected chi connectivity index (χ1v) is 11.3. The Morgan fingerprint density at radius 2 is 1.76 bits per heavy atom. The molecular weight excluding hydrogens is 362 g/mol. The minimum Gasteiger partial charge on any atom is -0.379 e. The summed E-state index contributed by atoms with van der Waals surface area (Å²) in [6, 6.07) is 8.71. The molecule has 0 aliphatic carbocycles. The van der Waals surface area contributed by atoms with Gasteiger partial charge in [-0.2, -0.15) is 0 Å². The number of nitrogens with one attached hydrogen (secondary N) is 2. The maximum atomic E-state index is 5.47. The first kappa shape index (κ1) is 22.1. The normalized spacial score (nSPS) is 20.0. The smallest absolute Gasteiger partial charge is 0.191 e. The number of likely N-dealkylation sites (tertiary alicyclic amines) is 1. The number of piperidine rings is 1. The molecule has 3 rings (SSSR count). The van der Waals surface area contributed by atoms with E-state index in [9.17, 15) is 0 Å². The van der Waals surface area contributed by atoms with Gasteiger partial charge in [0.05, 0.1) is 13.2 Å². The van der Waals surface area contributed by atoms with E-state index in [1.54, 1.807) is 0 Å². The van der Waals surface area contributed by atoms with E-state index >= 15 is 0 Å². The summed E-state index contributed by atoms with van der Waals surface area (Å²) < 4.78 is 5.47. The molecule has 6 nitrogen and oxygen atoms in total. The van der Waals surface area contributed by atoms with Crippen molar-refractivity contribution in [3.05, 3.63) is 35.4 Å².